The van der Waals surface area contributed by atoms with Gasteiger partial charge in [0.05, 0.1) is 17.1 Å². The van der Waals surface area contributed by atoms with Gasteiger partial charge < -0.3 is 4.74 Å². The summed E-state index contributed by atoms with van der Waals surface area (Å²) in [5.74, 6) is 0. The monoisotopic (exact) mass is 349 g/mol. The molecule has 0 bridgehead atoms. The van der Waals surface area contributed by atoms with Crippen LogP contribution in [0.3, 0.4) is 0 Å². The molecule has 2 heterocycles. The molecule has 0 amide bonds. The number of hydrogen-bond donors (Lipinski definition) is 0. The van der Waals surface area contributed by atoms with Crippen LogP contribution in [0.4, 0.5) is 13.2 Å². The van der Waals surface area contributed by atoms with Gasteiger partial charge in [0.2, 0.25) is 10.0 Å². The fourth-order valence-corrected chi connectivity index (χ4v) is 4.90. The van der Waals surface area contributed by atoms with Crippen LogP contribution in [-0.2, 0) is 20.9 Å². The zero-order valence-corrected chi connectivity index (χ0v) is 13.3. The van der Waals surface area contributed by atoms with E-state index >= 15 is 0 Å². The van der Waals surface area contributed by atoms with Crippen LogP contribution < -0.4 is 0 Å². The van der Waals surface area contributed by atoms with Crippen LogP contribution in [0, 0.1) is 5.41 Å². The Morgan fingerprint density at radius 1 is 1.13 bits per heavy atom. The molecule has 0 radical (unpaired) electrons. The molecular formula is C15H18F3NO3S. The molecule has 23 heavy (non-hydrogen) atoms. The lowest BCUT2D eigenvalue weighted by Gasteiger charge is -2.38. The predicted octanol–water partition coefficient (Wildman–Crippen LogP) is 2.90. The van der Waals surface area contributed by atoms with Gasteiger partial charge in [0.25, 0.3) is 0 Å². The fourth-order valence-electron chi connectivity index (χ4n) is 3.30. The molecule has 0 aromatic heterocycles. The molecule has 2 aliphatic heterocycles. The Labute approximate surface area is 133 Å². The molecule has 0 saturated carbocycles. The molecule has 8 heteroatoms. The van der Waals surface area contributed by atoms with Crippen molar-refractivity contribution in [1.29, 1.82) is 0 Å². The number of alkyl halides is 3. The number of halogens is 3. The molecule has 0 N–H and O–H groups in total. The maximum atomic E-state index is 12.7. The predicted molar refractivity (Wildman–Crippen MR) is 77.3 cm³/mol. The molecule has 1 atom stereocenters. The van der Waals surface area contributed by atoms with Gasteiger partial charge in [-0.25, -0.2) is 8.42 Å². The van der Waals surface area contributed by atoms with E-state index in [2.05, 4.69) is 0 Å². The molecule has 2 saturated heterocycles. The van der Waals surface area contributed by atoms with Crippen LogP contribution in [0.2, 0.25) is 0 Å². The topological polar surface area (TPSA) is 46.6 Å². The van der Waals surface area contributed by atoms with Crippen molar-refractivity contribution in [2.45, 2.75) is 30.3 Å². The number of hydrogen-bond acceptors (Lipinski definition) is 3. The minimum absolute atomic E-state index is 0.0959. The summed E-state index contributed by atoms with van der Waals surface area (Å²) in [6, 6.07) is 3.69. The molecule has 1 aromatic carbocycles. The largest absolute Gasteiger partial charge is 0.416 e. The number of benzene rings is 1. The van der Waals surface area contributed by atoms with Crippen molar-refractivity contribution in [3.05, 3.63) is 29.8 Å². The van der Waals surface area contributed by atoms with Crippen LogP contribution in [0.25, 0.3) is 0 Å². The molecule has 1 aromatic rings. The first kappa shape index (κ1) is 16.7. The summed E-state index contributed by atoms with van der Waals surface area (Å²) in [7, 11) is -3.78. The van der Waals surface area contributed by atoms with Crippen molar-refractivity contribution in [1.82, 2.24) is 4.31 Å². The summed E-state index contributed by atoms with van der Waals surface area (Å²) >= 11 is 0. The average molecular weight is 349 g/mol. The molecular weight excluding hydrogens is 331 g/mol. The van der Waals surface area contributed by atoms with Crippen LogP contribution in [0.15, 0.2) is 29.2 Å². The number of piperidine rings is 1. The van der Waals surface area contributed by atoms with E-state index in [0.717, 1.165) is 43.5 Å². The Balaban J connectivity index is 1.83. The minimum Gasteiger partial charge on any atom is -0.381 e. The Kier molecular flexibility index (Phi) is 4.18. The third kappa shape index (κ3) is 3.25. The van der Waals surface area contributed by atoms with E-state index in [1.54, 1.807) is 0 Å². The van der Waals surface area contributed by atoms with Gasteiger partial charge in [0.15, 0.2) is 0 Å². The van der Waals surface area contributed by atoms with Crippen molar-refractivity contribution in [3.63, 3.8) is 0 Å². The van der Waals surface area contributed by atoms with Gasteiger partial charge in [-0.3, -0.25) is 0 Å². The molecule has 1 spiro atoms. The first-order valence-corrected chi connectivity index (χ1v) is 8.92. The molecule has 0 aliphatic carbocycles. The van der Waals surface area contributed by atoms with Gasteiger partial charge in [-0.05, 0) is 43.5 Å². The van der Waals surface area contributed by atoms with Crippen molar-refractivity contribution in [2.24, 2.45) is 5.41 Å². The Hall–Kier alpha value is -1.12. The summed E-state index contributed by atoms with van der Waals surface area (Å²) in [5, 5.41) is 0. The normalized spacial score (nSPS) is 26.7. The highest BCUT2D eigenvalue weighted by molar-refractivity contribution is 7.89. The van der Waals surface area contributed by atoms with Gasteiger partial charge in [-0.15, -0.1) is 0 Å². The first-order chi connectivity index (χ1) is 10.7. The van der Waals surface area contributed by atoms with E-state index in [1.807, 2.05) is 0 Å². The maximum absolute atomic E-state index is 12.7. The number of ether oxygens (including phenoxy) is 1. The lowest BCUT2D eigenvalue weighted by atomic mass is 9.80. The highest BCUT2D eigenvalue weighted by atomic mass is 32.2. The lowest BCUT2D eigenvalue weighted by molar-refractivity contribution is -0.137. The number of nitrogens with zero attached hydrogens (tertiary/aromatic N) is 1. The van der Waals surface area contributed by atoms with E-state index in [0.29, 0.717) is 26.3 Å². The van der Waals surface area contributed by atoms with Gasteiger partial charge in [-0.1, -0.05) is 0 Å². The van der Waals surface area contributed by atoms with Crippen molar-refractivity contribution < 1.29 is 26.3 Å². The molecule has 128 valence electrons. The Bertz CT molecular complexity index is 664. The average Bonchev–Trinajstić information content (AvgIpc) is 2.94. The minimum atomic E-state index is -4.47. The zero-order chi connectivity index (χ0) is 16.7. The first-order valence-electron chi connectivity index (χ1n) is 7.48. The Morgan fingerprint density at radius 3 is 2.39 bits per heavy atom. The lowest BCUT2D eigenvalue weighted by Crippen LogP contribution is -2.46. The van der Waals surface area contributed by atoms with Crippen LogP contribution in [0.1, 0.15) is 24.8 Å². The van der Waals surface area contributed by atoms with E-state index in [4.69, 9.17) is 4.74 Å². The fraction of sp³-hybridized carbons (Fsp3) is 0.600. The van der Waals surface area contributed by atoms with Gasteiger partial charge in [-0.2, -0.15) is 17.5 Å². The van der Waals surface area contributed by atoms with E-state index in [-0.39, 0.29) is 10.3 Å². The molecule has 1 unspecified atom stereocenters. The quantitative estimate of drug-likeness (QED) is 0.825. The van der Waals surface area contributed by atoms with Crippen LogP contribution >= 0.6 is 0 Å². The zero-order valence-electron chi connectivity index (χ0n) is 12.5. The summed E-state index contributed by atoms with van der Waals surface area (Å²) in [5.41, 5.74) is -0.993. The highest BCUT2D eigenvalue weighted by Gasteiger charge is 2.42. The second kappa shape index (κ2) is 5.75. The summed E-state index contributed by atoms with van der Waals surface area (Å²) < 4.78 is 70.0. The molecule has 2 aliphatic rings. The third-order valence-corrected chi connectivity index (χ3v) is 6.49. The van der Waals surface area contributed by atoms with Crippen molar-refractivity contribution >= 4 is 10.0 Å². The van der Waals surface area contributed by atoms with Gasteiger partial charge in [0.1, 0.15) is 0 Å². The number of rotatable bonds is 2. The summed E-state index contributed by atoms with van der Waals surface area (Å²) in [6.45, 7) is 1.95. The van der Waals surface area contributed by atoms with E-state index in [1.165, 1.54) is 4.31 Å². The summed E-state index contributed by atoms with van der Waals surface area (Å²) in [6.07, 6.45) is -1.99. The standard InChI is InChI=1S/C15H18F3NO3S/c16-15(17,18)12-2-4-13(5-3-12)23(20,21)19-8-1-6-14(10-19)7-9-22-11-14/h2-5H,1,6-11H2. The SMILES string of the molecule is O=S(=O)(c1ccc(C(F)(F)F)cc1)N1CCCC2(CCOC2)C1. The molecule has 4 nitrogen and oxygen atoms in total. The number of sulfonamides is 1. The second-order valence-corrected chi connectivity index (χ2v) is 8.20. The van der Waals surface area contributed by atoms with Crippen LogP contribution in [0.5, 0.6) is 0 Å². The smallest absolute Gasteiger partial charge is 0.381 e. The van der Waals surface area contributed by atoms with Gasteiger partial charge >= 0.3 is 6.18 Å². The summed E-state index contributed by atoms with van der Waals surface area (Å²) in [4.78, 5) is -0.0959. The van der Waals surface area contributed by atoms with Crippen molar-refractivity contribution in [2.75, 3.05) is 26.3 Å². The third-order valence-electron chi connectivity index (χ3n) is 4.63. The van der Waals surface area contributed by atoms with E-state index in [9.17, 15) is 21.6 Å². The molecule has 2 fully saturated rings. The van der Waals surface area contributed by atoms with Crippen molar-refractivity contribution in [3.8, 4) is 0 Å². The highest BCUT2D eigenvalue weighted by Crippen LogP contribution is 2.39. The maximum Gasteiger partial charge on any atom is 0.416 e. The second-order valence-electron chi connectivity index (χ2n) is 6.27. The molecule has 3 rings (SSSR count). The van der Waals surface area contributed by atoms with Crippen LogP contribution in [-0.4, -0.2) is 39.0 Å². The van der Waals surface area contributed by atoms with Gasteiger partial charge in [0, 0.05) is 25.1 Å². The Morgan fingerprint density at radius 2 is 1.83 bits per heavy atom. The van der Waals surface area contributed by atoms with E-state index < -0.39 is 21.8 Å².